The standard InChI is InChI=1S/C9H14N2O2S.C9H12N2O2S.C7H5ClO3.U/c1-2-3-6-14(12,13)8-4-5-9(10)11-7-8;1-2-3-6-14-8-4-5-9(10-7-8)11(12)13;8-6-3-1-2-5(4-6)7(9)11-10;/h4-5,7H,2-3,6H2,1H3,(H2,10,11);4-5,7H,2-3,6H2,1H3;1-4,10H;. The van der Waals surface area contributed by atoms with Gasteiger partial charge in [0.15, 0.2) is 16.0 Å². The van der Waals surface area contributed by atoms with E-state index < -0.39 is 20.7 Å². The number of hydrogen-bond donors (Lipinski definition) is 2. The molecule has 0 unspecified atom stereocenters. The number of nitrogens with zero attached hydrogens (tertiary/aromatic N) is 3. The van der Waals surface area contributed by atoms with Crippen LogP contribution in [0.1, 0.15) is 49.9 Å². The molecule has 3 aromatic rings. The van der Waals surface area contributed by atoms with Crippen molar-refractivity contribution >= 4 is 50.8 Å². The fourth-order valence-corrected chi connectivity index (χ4v) is 5.14. The maximum Gasteiger partial charge on any atom is 0.372 e. The van der Waals surface area contributed by atoms with Crippen molar-refractivity contribution in [1.29, 1.82) is 0 Å². The Morgan fingerprint density at radius 2 is 1.80 bits per heavy atom. The van der Waals surface area contributed by atoms with Gasteiger partial charge in [0.05, 0.1) is 21.1 Å². The molecule has 3 N–H and O–H groups in total. The van der Waals surface area contributed by atoms with Gasteiger partial charge in [0.1, 0.15) is 5.82 Å². The molecular weight excluding hydrogens is 806 g/mol. The number of nitrogens with two attached hydrogens (primary N) is 1. The third kappa shape index (κ3) is 15.0. The molecule has 0 saturated carbocycles. The summed E-state index contributed by atoms with van der Waals surface area (Å²) in [6.45, 7) is 4.09. The van der Waals surface area contributed by atoms with Crippen molar-refractivity contribution in [2.45, 2.75) is 49.3 Å². The molecule has 0 bridgehead atoms. The van der Waals surface area contributed by atoms with E-state index in [1.807, 2.05) is 6.92 Å². The molecule has 15 heteroatoms. The van der Waals surface area contributed by atoms with Gasteiger partial charge in [-0.05, 0) is 64.9 Å². The van der Waals surface area contributed by atoms with Gasteiger partial charge >= 0.3 is 11.8 Å². The number of nitro groups is 1. The van der Waals surface area contributed by atoms with Crippen LogP contribution in [0.15, 0.2) is 70.7 Å². The summed E-state index contributed by atoms with van der Waals surface area (Å²) in [6, 6.07) is 12.3. The number of carbonyl (C=O) groups is 1. The van der Waals surface area contributed by atoms with Crippen molar-refractivity contribution in [3.8, 4) is 0 Å². The van der Waals surface area contributed by atoms with E-state index in [2.05, 4.69) is 21.8 Å². The summed E-state index contributed by atoms with van der Waals surface area (Å²) in [5, 5.41) is 18.7. The first-order valence-corrected chi connectivity index (χ1v) is 14.8. The number of nitrogen functional groups attached to an aromatic ring is 1. The molecule has 0 saturated heterocycles. The number of sulfone groups is 1. The predicted octanol–water partition coefficient (Wildman–Crippen LogP) is 6.09. The molecule has 0 amide bonds. The summed E-state index contributed by atoms with van der Waals surface area (Å²) in [7, 11) is -3.16. The molecule has 3 rings (SSSR count). The van der Waals surface area contributed by atoms with Crippen LogP contribution >= 0.6 is 23.4 Å². The van der Waals surface area contributed by atoms with E-state index in [0.717, 1.165) is 29.9 Å². The van der Waals surface area contributed by atoms with E-state index in [4.69, 9.17) is 22.6 Å². The molecule has 11 nitrogen and oxygen atoms in total. The number of pyridine rings is 2. The number of unbranched alkanes of at least 4 members (excludes halogenated alkanes) is 2. The molecule has 0 aliphatic heterocycles. The molecule has 1 aromatic carbocycles. The number of hydrogen-bond acceptors (Lipinski definition) is 11. The van der Waals surface area contributed by atoms with Crippen LogP contribution in [0, 0.1) is 41.2 Å². The van der Waals surface area contributed by atoms with Crippen LogP contribution in [0.5, 0.6) is 0 Å². The zero-order chi connectivity index (χ0) is 29.3. The fourth-order valence-electron chi connectivity index (χ4n) is 2.60. The van der Waals surface area contributed by atoms with Crippen LogP contribution in [0.4, 0.5) is 11.6 Å². The molecule has 0 aliphatic carbocycles. The Hall–Kier alpha value is -2.21. The monoisotopic (exact) mass is 836 g/mol. The largest absolute Gasteiger partial charge is 0.384 e. The first-order valence-electron chi connectivity index (χ1n) is 11.8. The van der Waals surface area contributed by atoms with Gasteiger partial charge in [-0.1, -0.05) is 44.4 Å². The fraction of sp³-hybridized carbons (Fsp3) is 0.320. The topological polar surface area (TPSA) is 176 Å². The molecule has 0 radical (unpaired) electrons. The zero-order valence-corrected chi connectivity index (χ0v) is 28.6. The minimum Gasteiger partial charge on any atom is -0.384 e. The Labute approximate surface area is 266 Å². The van der Waals surface area contributed by atoms with Crippen molar-refractivity contribution in [3.05, 3.63) is 81.6 Å². The summed E-state index contributed by atoms with van der Waals surface area (Å²) >= 11 is 7.24. The number of rotatable bonds is 10. The number of halogens is 1. The second kappa shape index (κ2) is 20.6. The van der Waals surface area contributed by atoms with E-state index in [9.17, 15) is 23.3 Å². The summed E-state index contributed by atoms with van der Waals surface area (Å²) in [6.07, 6.45) is 6.71. The van der Waals surface area contributed by atoms with Crippen LogP contribution < -0.4 is 5.73 Å². The van der Waals surface area contributed by atoms with E-state index in [0.29, 0.717) is 17.3 Å². The normalized spacial score (nSPS) is 10.1. The summed E-state index contributed by atoms with van der Waals surface area (Å²) in [4.78, 5) is 32.7. The van der Waals surface area contributed by atoms with Crippen LogP contribution in [0.25, 0.3) is 0 Å². The maximum absolute atomic E-state index is 11.6. The summed E-state index contributed by atoms with van der Waals surface area (Å²) in [5.74, 6) is 0.641. The molecule has 0 atom stereocenters. The van der Waals surface area contributed by atoms with Gasteiger partial charge in [-0.2, -0.15) is 5.26 Å². The van der Waals surface area contributed by atoms with Crippen molar-refractivity contribution in [2.24, 2.45) is 0 Å². The Morgan fingerprint density at radius 3 is 2.30 bits per heavy atom. The van der Waals surface area contributed by atoms with Gasteiger partial charge in [0, 0.05) is 48.4 Å². The first-order chi connectivity index (χ1) is 18.5. The molecular formula is C25H31ClN4O7S2U. The number of aromatic nitrogens is 2. The number of thioether (sulfide) groups is 1. The van der Waals surface area contributed by atoms with Gasteiger partial charge in [-0.25, -0.2) is 18.2 Å². The molecule has 0 aliphatic rings. The van der Waals surface area contributed by atoms with Crippen LogP contribution in [0.2, 0.25) is 5.02 Å². The Bertz CT molecular complexity index is 1280. The van der Waals surface area contributed by atoms with Crippen molar-refractivity contribution in [3.63, 3.8) is 0 Å². The van der Waals surface area contributed by atoms with Gasteiger partial charge < -0.3 is 15.8 Å². The van der Waals surface area contributed by atoms with Gasteiger partial charge in [0.25, 0.3) is 0 Å². The minimum absolute atomic E-state index is 0. The van der Waals surface area contributed by atoms with Crippen molar-refractivity contribution < 1.29 is 59.4 Å². The zero-order valence-electron chi connectivity index (χ0n) is 22.0. The third-order valence-corrected chi connectivity index (χ3v) is 7.79. The maximum atomic E-state index is 11.6. The Morgan fingerprint density at radius 1 is 1.10 bits per heavy atom. The SMILES string of the molecule is CCCCS(=O)(=O)c1ccc(N)nc1.CCCCSc1ccc([N+](=O)[O-])nc1.O=C(OO)c1cccc(Cl)c1.[U]. The molecule has 0 fully saturated rings. The second-order valence-corrected chi connectivity index (χ2v) is 11.5. The molecule has 216 valence electrons. The second-order valence-electron chi connectivity index (χ2n) is 7.79. The van der Waals surface area contributed by atoms with Crippen LogP contribution in [0.3, 0.4) is 0 Å². The van der Waals surface area contributed by atoms with E-state index in [-0.39, 0.29) is 53.1 Å². The van der Waals surface area contributed by atoms with Crippen LogP contribution in [-0.2, 0) is 14.7 Å². The number of carbonyl (C=O) groups excluding carboxylic acids is 1. The van der Waals surface area contributed by atoms with Crippen LogP contribution in [-0.4, -0.2) is 46.0 Å². The minimum atomic E-state index is -3.16. The quantitative estimate of drug-likeness (QED) is 0.0795. The van der Waals surface area contributed by atoms with Crippen molar-refractivity contribution in [1.82, 2.24) is 9.97 Å². The smallest absolute Gasteiger partial charge is 0.372 e. The van der Waals surface area contributed by atoms with Crippen molar-refractivity contribution in [2.75, 3.05) is 17.2 Å². The number of benzene rings is 1. The Balaban J connectivity index is 0.000000568. The van der Waals surface area contributed by atoms with E-state index in [1.165, 1.54) is 36.5 Å². The predicted molar refractivity (Wildman–Crippen MR) is 152 cm³/mol. The molecule has 0 spiro atoms. The molecule has 40 heavy (non-hydrogen) atoms. The van der Waals surface area contributed by atoms with Gasteiger partial charge in [-0.15, -0.1) is 11.8 Å². The van der Waals surface area contributed by atoms with E-state index >= 15 is 0 Å². The average Bonchev–Trinajstić information content (AvgIpc) is 2.93. The summed E-state index contributed by atoms with van der Waals surface area (Å²) in [5.41, 5.74) is 5.59. The Kier molecular flexibility index (Phi) is 19.5. The van der Waals surface area contributed by atoms with E-state index in [1.54, 1.807) is 36.2 Å². The van der Waals surface area contributed by atoms with Gasteiger partial charge in [-0.3, -0.25) is 4.89 Å². The van der Waals surface area contributed by atoms with Gasteiger partial charge in [0.2, 0.25) is 0 Å². The average molecular weight is 837 g/mol. The number of anilines is 1. The first kappa shape index (κ1) is 37.8. The molecule has 2 aromatic heterocycles. The third-order valence-electron chi connectivity index (χ3n) is 4.70. The summed E-state index contributed by atoms with van der Waals surface area (Å²) < 4.78 is 23.2. The molecule has 2 heterocycles.